The van der Waals surface area contributed by atoms with Crippen molar-refractivity contribution >= 4 is 33.3 Å². The maximum atomic E-state index is 12.4. The molecule has 0 radical (unpaired) electrons. The summed E-state index contributed by atoms with van der Waals surface area (Å²) in [6.45, 7) is 1.35. The lowest BCUT2D eigenvalue weighted by Gasteiger charge is -2.20. The number of hydrogen-bond acceptors (Lipinski definition) is 6. The third-order valence-corrected chi connectivity index (χ3v) is 5.90. The Kier molecular flexibility index (Phi) is 6.99. The summed E-state index contributed by atoms with van der Waals surface area (Å²) < 4.78 is 30.9. The minimum Gasteiger partial charge on any atom is -0.452 e. The quantitative estimate of drug-likeness (QED) is 0.691. The number of carbonyl (C=O) groups is 2. The predicted octanol–water partition coefficient (Wildman–Crippen LogP) is 2.11. The number of hydrogen-bond donors (Lipinski definition) is 1. The van der Waals surface area contributed by atoms with Crippen LogP contribution in [0.1, 0.15) is 15.9 Å². The smallest absolute Gasteiger partial charge is 0.338 e. The third-order valence-electron chi connectivity index (χ3n) is 4.09. The maximum absolute atomic E-state index is 12.4. The van der Waals surface area contributed by atoms with Crippen LogP contribution in [0.25, 0.3) is 0 Å². The zero-order valence-electron chi connectivity index (χ0n) is 17.1. The van der Waals surface area contributed by atoms with E-state index in [1.807, 2.05) is 13.0 Å². The number of amides is 1. The molecular formula is C20H25N3O5S. The summed E-state index contributed by atoms with van der Waals surface area (Å²) in [6, 6.07) is 11.3. The van der Waals surface area contributed by atoms with E-state index in [9.17, 15) is 18.0 Å². The molecule has 0 saturated carbocycles. The van der Waals surface area contributed by atoms with E-state index >= 15 is 0 Å². The van der Waals surface area contributed by atoms with E-state index in [0.717, 1.165) is 9.87 Å². The van der Waals surface area contributed by atoms with Crippen molar-refractivity contribution in [3.63, 3.8) is 0 Å². The molecule has 156 valence electrons. The van der Waals surface area contributed by atoms with Crippen LogP contribution in [0.15, 0.2) is 47.4 Å². The van der Waals surface area contributed by atoms with Crippen LogP contribution in [0, 0.1) is 6.92 Å². The van der Waals surface area contributed by atoms with Gasteiger partial charge < -0.3 is 15.0 Å². The van der Waals surface area contributed by atoms with Crippen molar-refractivity contribution in [1.29, 1.82) is 0 Å². The van der Waals surface area contributed by atoms with Gasteiger partial charge in [-0.05, 0) is 37.3 Å². The molecule has 0 unspecified atom stereocenters. The number of anilines is 2. The lowest BCUT2D eigenvalue weighted by atomic mass is 10.1. The van der Waals surface area contributed by atoms with Gasteiger partial charge >= 0.3 is 5.97 Å². The zero-order valence-corrected chi connectivity index (χ0v) is 17.9. The molecule has 29 heavy (non-hydrogen) atoms. The minimum absolute atomic E-state index is 0.0418. The van der Waals surface area contributed by atoms with Crippen molar-refractivity contribution < 1.29 is 22.7 Å². The van der Waals surface area contributed by atoms with Gasteiger partial charge in [0.2, 0.25) is 10.0 Å². The molecule has 0 saturated heterocycles. The topological polar surface area (TPSA) is 96.0 Å². The number of sulfonamides is 1. The molecule has 1 amide bonds. The first-order chi connectivity index (χ1) is 13.5. The van der Waals surface area contributed by atoms with Crippen molar-refractivity contribution in [1.82, 2.24) is 4.31 Å². The Morgan fingerprint density at radius 3 is 2.31 bits per heavy atom. The molecule has 0 spiro atoms. The number of benzene rings is 2. The average molecular weight is 420 g/mol. The Balaban J connectivity index is 2.16. The second kappa shape index (κ2) is 9.06. The fourth-order valence-corrected chi connectivity index (χ4v) is 3.48. The molecule has 0 aliphatic carbocycles. The molecule has 0 fully saturated rings. The van der Waals surface area contributed by atoms with Gasteiger partial charge in [-0.25, -0.2) is 17.5 Å². The number of aryl methyl sites for hydroxylation is 1. The number of ether oxygens (including phenoxy) is 1. The summed E-state index contributed by atoms with van der Waals surface area (Å²) in [6.07, 6.45) is 0. The second-order valence-corrected chi connectivity index (χ2v) is 9.01. The summed E-state index contributed by atoms with van der Waals surface area (Å²) in [5.41, 5.74) is 2.17. The highest BCUT2D eigenvalue weighted by molar-refractivity contribution is 7.89. The molecule has 9 heteroatoms. The van der Waals surface area contributed by atoms with E-state index in [0.29, 0.717) is 16.9 Å². The van der Waals surface area contributed by atoms with Crippen LogP contribution in [0.4, 0.5) is 11.4 Å². The lowest BCUT2D eigenvalue weighted by molar-refractivity contribution is -0.119. The summed E-state index contributed by atoms with van der Waals surface area (Å²) in [5.74, 6) is -1.19. The van der Waals surface area contributed by atoms with Crippen LogP contribution in [-0.2, 0) is 19.6 Å². The SMILES string of the molecule is Cc1cccc(C(=O)OCC(=O)Nc2cc(S(=O)(=O)N(C)C)ccc2N(C)C)c1. The van der Waals surface area contributed by atoms with Crippen LogP contribution >= 0.6 is 0 Å². The monoisotopic (exact) mass is 419 g/mol. The van der Waals surface area contributed by atoms with Gasteiger partial charge in [0.25, 0.3) is 5.91 Å². The van der Waals surface area contributed by atoms with Gasteiger partial charge in [-0.15, -0.1) is 0 Å². The molecule has 0 heterocycles. The van der Waals surface area contributed by atoms with Gasteiger partial charge in [-0.2, -0.15) is 0 Å². The van der Waals surface area contributed by atoms with Crippen LogP contribution in [0.2, 0.25) is 0 Å². The van der Waals surface area contributed by atoms with Crippen molar-refractivity contribution in [2.75, 3.05) is 45.0 Å². The van der Waals surface area contributed by atoms with Crippen molar-refractivity contribution in [3.8, 4) is 0 Å². The Labute approximate surface area is 171 Å². The first-order valence-corrected chi connectivity index (χ1v) is 10.2. The summed E-state index contributed by atoms with van der Waals surface area (Å²) in [5, 5.41) is 2.62. The molecule has 0 aromatic heterocycles. The summed E-state index contributed by atoms with van der Waals surface area (Å²) >= 11 is 0. The molecule has 1 N–H and O–H groups in total. The fraction of sp³-hybridized carbons (Fsp3) is 0.300. The standard InChI is InChI=1S/C20H25N3O5S/c1-14-7-6-8-15(11-14)20(25)28-13-19(24)21-17-12-16(29(26,27)23(4)5)9-10-18(17)22(2)3/h6-12H,13H2,1-5H3,(H,21,24). The Morgan fingerprint density at radius 2 is 1.72 bits per heavy atom. The van der Waals surface area contributed by atoms with Gasteiger partial charge in [0, 0.05) is 28.2 Å². The van der Waals surface area contributed by atoms with E-state index < -0.39 is 28.5 Å². The Hall–Kier alpha value is -2.91. The van der Waals surface area contributed by atoms with Gasteiger partial charge in [0.1, 0.15) is 0 Å². The van der Waals surface area contributed by atoms with Crippen LogP contribution < -0.4 is 10.2 Å². The van der Waals surface area contributed by atoms with Crippen molar-refractivity contribution in [2.45, 2.75) is 11.8 Å². The van der Waals surface area contributed by atoms with Crippen LogP contribution in [0.3, 0.4) is 0 Å². The molecule has 2 aromatic rings. The number of nitrogens with zero attached hydrogens (tertiary/aromatic N) is 2. The van der Waals surface area contributed by atoms with Gasteiger partial charge in [-0.1, -0.05) is 17.7 Å². The van der Waals surface area contributed by atoms with Gasteiger partial charge in [-0.3, -0.25) is 4.79 Å². The van der Waals surface area contributed by atoms with E-state index in [4.69, 9.17) is 4.74 Å². The van der Waals surface area contributed by atoms with Gasteiger partial charge in [0.15, 0.2) is 6.61 Å². The zero-order chi connectivity index (χ0) is 21.8. The largest absolute Gasteiger partial charge is 0.452 e. The Bertz CT molecular complexity index is 1020. The fourth-order valence-electron chi connectivity index (χ4n) is 2.55. The van der Waals surface area contributed by atoms with E-state index in [2.05, 4.69) is 5.32 Å². The van der Waals surface area contributed by atoms with Crippen LogP contribution in [0.5, 0.6) is 0 Å². The lowest BCUT2D eigenvalue weighted by Crippen LogP contribution is -2.24. The van der Waals surface area contributed by atoms with E-state index in [1.165, 1.54) is 26.2 Å². The molecule has 0 bridgehead atoms. The van der Waals surface area contributed by atoms with E-state index in [-0.39, 0.29) is 4.90 Å². The first-order valence-electron chi connectivity index (χ1n) is 8.80. The van der Waals surface area contributed by atoms with E-state index in [1.54, 1.807) is 43.3 Å². The highest BCUT2D eigenvalue weighted by atomic mass is 32.2. The predicted molar refractivity (Wildman–Crippen MR) is 112 cm³/mol. The number of nitrogens with one attached hydrogen (secondary N) is 1. The molecule has 0 aliphatic rings. The highest BCUT2D eigenvalue weighted by Crippen LogP contribution is 2.28. The highest BCUT2D eigenvalue weighted by Gasteiger charge is 2.20. The molecule has 2 rings (SSSR count). The summed E-state index contributed by atoms with van der Waals surface area (Å²) in [4.78, 5) is 26.2. The molecular weight excluding hydrogens is 394 g/mol. The maximum Gasteiger partial charge on any atom is 0.338 e. The Morgan fingerprint density at radius 1 is 1.03 bits per heavy atom. The third kappa shape index (κ3) is 5.55. The molecule has 0 atom stereocenters. The number of esters is 1. The summed E-state index contributed by atoms with van der Waals surface area (Å²) in [7, 11) is 2.73. The molecule has 2 aromatic carbocycles. The van der Waals surface area contributed by atoms with Gasteiger partial charge in [0.05, 0.1) is 21.8 Å². The van der Waals surface area contributed by atoms with Crippen LogP contribution in [-0.4, -0.2) is 59.4 Å². The number of carbonyl (C=O) groups excluding carboxylic acids is 2. The first kappa shape index (κ1) is 22.4. The number of rotatable bonds is 7. The molecule has 8 nitrogen and oxygen atoms in total. The second-order valence-electron chi connectivity index (χ2n) is 6.85. The van der Waals surface area contributed by atoms with Crippen molar-refractivity contribution in [2.24, 2.45) is 0 Å². The minimum atomic E-state index is -3.67. The molecule has 0 aliphatic heterocycles. The normalized spacial score (nSPS) is 11.2. The average Bonchev–Trinajstić information content (AvgIpc) is 2.65. The van der Waals surface area contributed by atoms with Crippen molar-refractivity contribution in [3.05, 3.63) is 53.6 Å².